The summed E-state index contributed by atoms with van der Waals surface area (Å²) >= 11 is 0. The Balaban J connectivity index is 1.92. The number of nitro benzene ring substituents is 1. The van der Waals surface area contributed by atoms with Crippen molar-refractivity contribution < 1.29 is 14.5 Å². The van der Waals surface area contributed by atoms with Gasteiger partial charge in [-0.1, -0.05) is 0 Å². The Morgan fingerprint density at radius 3 is 2.71 bits per heavy atom. The molecule has 2 amide bonds. The first-order chi connectivity index (χ1) is 10.1. The average molecular weight is 292 g/mol. The van der Waals surface area contributed by atoms with E-state index in [4.69, 9.17) is 4.74 Å². The minimum absolute atomic E-state index is 0.0578. The standard InChI is InChI=1S/C11H12N6O4/c1-2-21-11-14-9(15-16-11)13-10(18)12-7-3-5-8(6-4-7)17(19)20/h3-6H,2H2,1H3,(H3,12,13,14,15,16,18). The molecule has 1 aromatic heterocycles. The van der Waals surface area contributed by atoms with Crippen LogP contribution in [0.1, 0.15) is 6.92 Å². The van der Waals surface area contributed by atoms with Gasteiger partial charge in [-0.3, -0.25) is 15.4 Å². The fourth-order valence-electron chi connectivity index (χ4n) is 1.43. The van der Waals surface area contributed by atoms with E-state index in [1.165, 1.54) is 24.3 Å². The first-order valence-electron chi connectivity index (χ1n) is 5.96. The van der Waals surface area contributed by atoms with Crippen molar-refractivity contribution in [2.45, 2.75) is 6.92 Å². The number of urea groups is 1. The highest BCUT2D eigenvalue weighted by atomic mass is 16.6. The molecule has 0 bridgehead atoms. The van der Waals surface area contributed by atoms with Gasteiger partial charge in [0.15, 0.2) is 0 Å². The zero-order chi connectivity index (χ0) is 15.2. The predicted molar refractivity (Wildman–Crippen MR) is 73.3 cm³/mol. The highest BCUT2D eigenvalue weighted by Crippen LogP contribution is 2.15. The average Bonchev–Trinajstić information content (AvgIpc) is 2.87. The minimum atomic E-state index is -0.567. The SMILES string of the molecule is CCOc1n[nH]c(NC(=O)Nc2ccc([N+](=O)[O-])cc2)n1. The molecule has 0 unspecified atom stereocenters. The zero-order valence-electron chi connectivity index (χ0n) is 11.0. The third kappa shape index (κ3) is 3.89. The van der Waals surface area contributed by atoms with Crippen molar-refractivity contribution in [1.29, 1.82) is 0 Å². The summed E-state index contributed by atoms with van der Waals surface area (Å²) in [6.45, 7) is 2.19. The zero-order valence-corrected chi connectivity index (χ0v) is 11.0. The van der Waals surface area contributed by atoms with E-state index >= 15 is 0 Å². The first kappa shape index (κ1) is 14.2. The van der Waals surface area contributed by atoms with E-state index in [0.717, 1.165) is 0 Å². The first-order valence-corrected chi connectivity index (χ1v) is 5.96. The van der Waals surface area contributed by atoms with Gasteiger partial charge in [0.25, 0.3) is 5.69 Å². The normalized spacial score (nSPS) is 9.95. The quantitative estimate of drug-likeness (QED) is 0.567. The number of nitrogens with one attached hydrogen (secondary N) is 3. The molecule has 0 saturated carbocycles. The smallest absolute Gasteiger partial charge is 0.337 e. The number of aromatic amines is 1. The molecule has 0 saturated heterocycles. The molecule has 110 valence electrons. The number of hydrogen-bond acceptors (Lipinski definition) is 6. The summed E-state index contributed by atoms with van der Waals surface area (Å²) in [6, 6.07) is 4.98. The maximum Gasteiger partial charge on any atom is 0.337 e. The van der Waals surface area contributed by atoms with Crippen LogP contribution in [0.15, 0.2) is 24.3 Å². The minimum Gasteiger partial charge on any atom is -0.463 e. The molecule has 0 aliphatic heterocycles. The second-order valence-electron chi connectivity index (χ2n) is 3.78. The van der Waals surface area contributed by atoms with Crippen LogP contribution in [-0.4, -0.2) is 32.7 Å². The molecule has 10 heteroatoms. The largest absolute Gasteiger partial charge is 0.463 e. The molecule has 3 N–H and O–H groups in total. The van der Waals surface area contributed by atoms with Crippen LogP contribution < -0.4 is 15.4 Å². The molecular formula is C11H12N6O4. The van der Waals surface area contributed by atoms with Crippen molar-refractivity contribution in [2.75, 3.05) is 17.2 Å². The van der Waals surface area contributed by atoms with Gasteiger partial charge < -0.3 is 10.1 Å². The number of carbonyl (C=O) groups excluding carboxylic acids is 1. The second-order valence-corrected chi connectivity index (χ2v) is 3.78. The number of anilines is 2. The van der Waals surface area contributed by atoms with Crippen LogP contribution in [0.25, 0.3) is 0 Å². The Morgan fingerprint density at radius 2 is 2.10 bits per heavy atom. The summed E-state index contributed by atoms with van der Waals surface area (Å²) in [5.41, 5.74) is 0.347. The highest BCUT2D eigenvalue weighted by Gasteiger charge is 2.09. The number of carbonyl (C=O) groups is 1. The lowest BCUT2D eigenvalue weighted by Crippen LogP contribution is -2.20. The second kappa shape index (κ2) is 6.32. The third-order valence-electron chi connectivity index (χ3n) is 2.31. The van der Waals surface area contributed by atoms with E-state index in [2.05, 4.69) is 25.8 Å². The van der Waals surface area contributed by atoms with Crippen LogP contribution >= 0.6 is 0 Å². The van der Waals surface area contributed by atoms with E-state index in [1.54, 1.807) is 6.92 Å². The van der Waals surface area contributed by atoms with Crippen LogP contribution in [0.2, 0.25) is 0 Å². The fourth-order valence-corrected chi connectivity index (χ4v) is 1.43. The van der Waals surface area contributed by atoms with Crippen molar-refractivity contribution in [1.82, 2.24) is 15.2 Å². The summed E-state index contributed by atoms with van der Waals surface area (Å²) in [7, 11) is 0. The predicted octanol–water partition coefficient (Wildman–Crippen LogP) is 1.76. The van der Waals surface area contributed by atoms with E-state index in [9.17, 15) is 14.9 Å². The van der Waals surface area contributed by atoms with Crippen LogP contribution in [-0.2, 0) is 0 Å². The number of H-pyrrole nitrogens is 1. The molecule has 0 aliphatic carbocycles. The number of amides is 2. The van der Waals surface area contributed by atoms with Crippen molar-refractivity contribution in [3.05, 3.63) is 34.4 Å². The van der Waals surface area contributed by atoms with Crippen molar-refractivity contribution in [2.24, 2.45) is 0 Å². The molecular weight excluding hydrogens is 280 g/mol. The summed E-state index contributed by atoms with van der Waals surface area (Å²) in [5, 5.41) is 21.6. The molecule has 10 nitrogen and oxygen atoms in total. The lowest BCUT2D eigenvalue weighted by Gasteiger charge is -2.04. The Morgan fingerprint density at radius 1 is 1.38 bits per heavy atom. The number of nitro groups is 1. The Bertz CT molecular complexity index is 638. The monoisotopic (exact) mass is 292 g/mol. The van der Waals surface area contributed by atoms with Gasteiger partial charge in [-0.05, 0) is 19.1 Å². The molecule has 1 aromatic carbocycles. The van der Waals surface area contributed by atoms with Crippen molar-refractivity contribution >= 4 is 23.4 Å². The maximum absolute atomic E-state index is 11.7. The number of benzene rings is 1. The van der Waals surface area contributed by atoms with Crippen LogP contribution in [0, 0.1) is 10.1 Å². The lowest BCUT2D eigenvalue weighted by molar-refractivity contribution is -0.384. The molecule has 0 aliphatic rings. The number of hydrogen-bond donors (Lipinski definition) is 3. The van der Waals surface area contributed by atoms with Gasteiger partial charge >= 0.3 is 12.0 Å². The van der Waals surface area contributed by atoms with Crippen molar-refractivity contribution in [3.63, 3.8) is 0 Å². The van der Waals surface area contributed by atoms with Gasteiger partial charge in [0.2, 0.25) is 5.95 Å². The van der Waals surface area contributed by atoms with Gasteiger partial charge in [0, 0.05) is 17.8 Å². The van der Waals surface area contributed by atoms with E-state index in [-0.39, 0.29) is 17.6 Å². The molecule has 0 atom stereocenters. The molecule has 2 rings (SSSR count). The summed E-state index contributed by atoms with van der Waals surface area (Å²) in [4.78, 5) is 25.5. The Labute approximate surface area is 118 Å². The number of aromatic nitrogens is 3. The summed E-state index contributed by atoms with van der Waals surface area (Å²) in [6.07, 6.45) is 0. The molecule has 2 aromatic rings. The van der Waals surface area contributed by atoms with Gasteiger partial charge in [-0.25, -0.2) is 9.89 Å². The third-order valence-corrected chi connectivity index (χ3v) is 2.31. The highest BCUT2D eigenvalue weighted by molar-refractivity contribution is 5.98. The van der Waals surface area contributed by atoms with E-state index in [0.29, 0.717) is 12.3 Å². The van der Waals surface area contributed by atoms with Crippen LogP contribution in [0.5, 0.6) is 6.01 Å². The number of rotatable bonds is 5. The van der Waals surface area contributed by atoms with E-state index < -0.39 is 11.0 Å². The topological polar surface area (TPSA) is 135 Å². The number of nitrogens with zero attached hydrogens (tertiary/aromatic N) is 3. The number of ether oxygens (including phenoxy) is 1. The molecule has 0 spiro atoms. The maximum atomic E-state index is 11.7. The van der Waals surface area contributed by atoms with Gasteiger partial charge in [0.1, 0.15) is 0 Å². The van der Waals surface area contributed by atoms with Gasteiger partial charge in [-0.15, -0.1) is 5.10 Å². The van der Waals surface area contributed by atoms with Gasteiger partial charge in [-0.2, -0.15) is 4.98 Å². The fraction of sp³-hybridized carbons (Fsp3) is 0.182. The van der Waals surface area contributed by atoms with Gasteiger partial charge in [0.05, 0.1) is 11.5 Å². The van der Waals surface area contributed by atoms with Crippen LogP contribution in [0.4, 0.5) is 22.1 Å². The molecule has 0 radical (unpaired) electrons. The summed E-state index contributed by atoms with van der Waals surface area (Å²) in [5.74, 6) is 0.123. The van der Waals surface area contributed by atoms with E-state index in [1.807, 2.05) is 0 Å². The molecule has 1 heterocycles. The summed E-state index contributed by atoms with van der Waals surface area (Å²) < 4.78 is 5.03. The van der Waals surface area contributed by atoms with Crippen molar-refractivity contribution in [3.8, 4) is 6.01 Å². The molecule has 21 heavy (non-hydrogen) atoms. The number of non-ortho nitro benzene ring substituents is 1. The lowest BCUT2D eigenvalue weighted by atomic mass is 10.3. The Hall–Kier alpha value is -3.17. The van der Waals surface area contributed by atoms with Crippen LogP contribution in [0.3, 0.4) is 0 Å². The Kier molecular flexibility index (Phi) is 4.29. The molecule has 0 fully saturated rings.